The first kappa shape index (κ1) is 30.5. The summed E-state index contributed by atoms with van der Waals surface area (Å²) in [4.78, 5) is 21.1. The van der Waals surface area contributed by atoms with Crippen molar-refractivity contribution < 1.29 is 32.2 Å². The highest BCUT2D eigenvalue weighted by atomic mass is 32.2. The summed E-state index contributed by atoms with van der Waals surface area (Å²) in [7, 11) is 0.886. The molecule has 2 aromatic carbocycles. The zero-order valence-electron chi connectivity index (χ0n) is 24.2. The maximum Gasteiger partial charge on any atom is 0.349 e. The molecule has 5 rings (SSSR count). The number of nitrogens with zero attached hydrogens (tertiary/aromatic N) is 3. The number of hydrogen-bond acceptors (Lipinski definition) is 11. The molecule has 0 saturated carbocycles. The van der Waals surface area contributed by atoms with E-state index in [1.165, 1.54) is 18.6 Å². The normalized spacial score (nSPS) is 14.4. The van der Waals surface area contributed by atoms with Gasteiger partial charge in [0.25, 0.3) is 10.0 Å². The van der Waals surface area contributed by atoms with Crippen LogP contribution in [-0.2, 0) is 14.8 Å². The average Bonchev–Trinajstić information content (AvgIpc) is 3.51. The number of rotatable bonds is 12. The van der Waals surface area contributed by atoms with Crippen LogP contribution in [0, 0.1) is 0 Å². The van der Waals surface area contributed by atoms with Crippen molar-refractivity contribution in [2.24, 2.45) is 0 Å². The summed E-state index contributed by atoms with van der Waals surface area (Å²) >= 11 is 0.994. The van der Waals surface area contributed by atoms with Gasteiger partial charge in [0.15, 0.2) is 11.5 Å². The van der Waals surface area contributed by atoms with Gasteiger partial charge < -0.3 is 28.7 Å². The van der Waals surface area contributed by atoms with Crippen LogP contribution in [0.3, 0.4) is 0 Å². The molecule has 0 aliphatic carbocycles. The Balaban J connectivity index is 1.29. The van der Waals surface area contributed by atoms with Gasteiger partial charge in [-0.2, -0.15) is 0 Å². The lowest BCUT2D eigenvalue weighted by molar-refractivity contribution is 0.0602. The van der Waals surface area contributed by atoms with Crippen LogP contribution >= 0.6 is 11.3 Å². The number of aromatic nitrogens is 1. The van der Waals surface area contributed by atoms with Crippen molar-refractivity contribution in [1.82, 2.24) is 14.8 Å². The number of piperazine rings is 1. The molecule has 2 aromatic heterocycles. The Morgan fingerprint density at radius 3 is 2.60 bits per heavy atom. The van der Waals surface area contributed by atoms with Crippen LogP contribution in [0.5, 0.6) is 23.0 Å². The average molecular weight is 627 g/mol. The molecule has 228 valence electrons. The van der Waals surface area contributed by atoms with E-state index in [2.05, 4.69) is 26.6 Å². The third-order valence-corrected chi connectivity index (χ3v) is 9.51. The molecule has 0 atom stereocenters. The van der Waals surface area contributed by atoms with E-state index in [4.69, 9.17) is 18.9 Å². The number of thiophene rings is 1. The Kier molecular flexibility index (Phi) is 9.65. The Morgan fingerprint density at radius 1 is 1.02 bits per heavy atom. The second kappa shape index (κ2) is 13.6. The molecule has 13 heteroatoms. The summed E-state index contributed by atoms with van der Waals surface area (Å²) in [6.07, 6.45) is 2.54. The van der Waals surface area contributed by atoms with E-state index >= 15 is 0 Å². The highest BCUT2D eigenvalue weighted by Crippen LogP contribution is 2.37. The molecule has 43 heavy (non-hydrogen) atoms. The second-order valence-electron chi connectivity index (χ2n) is 10.0. The minimum absolute atomic E-state index is 0.00186. The fourth-order valence-electron chi connectivity index (χ4n) is 4.74. The molecule has 0 radical (unpaired) electrons. The first-order valence-corrected chi connectivity index (χ1v) is 16.1. The SMILES string of the molecule is COC(=O)c1sccc1S(=O)(=O)Nc1cccc(Oc2ccnc3cc(OCCCN4CCN(C)CC4)c(OC)cc23)c1. The van der Waals surface area contributed by atoms with E-state index in [9.17, 15) is 13.2 Å². The number of carbonyl (C=O) groups is 1. The lowest BCUT2D eigenvalue weighted by Crippen LogP contribution is -2.44. The Labute approximate surface area is 255 Å². The van der Waals surface area contributed by atoms with Gasteiger partial charge in [-0.1, -0.05) is 6.07 Å². The van der Waals surface area contributed by atoms with Crippen LogP contribution in [0.15, 0.2) is 65.0 Å². The van der Waals surface area contributed by atoms with Gasteiger partial charge in [-0.05, 0) is 49.2 Å². The molecule has 0 amide bonds. The molecule has 3 heterocycles. The number of benzene rings is 2. The number of fused-ring (bicyclic) bond motifs is 1. The smallest absolute Gasteiger partial charge is 0.349 e. The van der Waals surface area contributed by atoms with E-state index < -0.39 is 16.0 Å². The lowest BCUT2D eigenvalue weighted by atomic mass is 10.1. The Hall–Kier alpha value is -3.91. The van der Waals surface area contributed by atoms with Crippen molar-refractivity contribution in [1.29, 1.82) is 0 Å². The lowest BCUT2D eigenvalue weighted by Gasteiger charge is -2.32. The topological polar surface area (TPSA) is 120 Å². The molecular weight excluding hydrogens is 592 g/mol. The van der Waals surface area contributed by atoms with E-state index in [0.29, 0.717) is 40.5 Å². The van der Waals surface area contributed by atoms with E-state index in [1.54, 1.807) is 43.6 Å². The highest BCUT2D eigenvalue weighted by Gasteiger charge is 2.25. The van der Waals surface area contributed by atoms with E-state index in [-0.39, 0.29) is 15.5 Å². The van der Waals surface area contributed by atoms with Gasteiger partial charge in [0.2, 0.25) is 0 Å². The number of sulfonamides is 1. The molecule has 0 bridgehead atoms. The van der Waals surface area contributed by atoms with Crippen LogP contribution in [-0.4, -0.2) is 89.8 Å². The van der Waals surface area contributed by atoms with Crippen molar-refractivity contribution in [3.63, 3.8) is 0 Å². The quantitative estimate of drug-likeness (QED) is 0.175. The molecule has 1 saturated heterocycles. The molecule has 1 aliphatic heterocycles. The minimum atomic E-state index is -4.05. The molecule has 11 nitrogen and oxygen atoms in total. The summed E-state index contributed by atoms with van der Waals surface area (Å²) in [6.45, 7) is 5.85. The Bertz CT molecular complexity index is 1690. The largest absolute Gasteiger partial charge is 0.493 e. The summed E-state index contributed by atoms with van der Waals surface area (Å²) in [5, 5.41) is 2.23. The summed E-state index contributed by atoms with van der Waals surface area (Å²) in [5.74, 6) is 1.36. The van der Waals surface area contributed by atoms with Crippen molar-refractivity contribution in [3.05, 3.63) is 65.0 Å². The number of nitrogens with one attached hydrogen (secondary N) is 1. The number of methoxy groups -OCH3 is 2. The predicted molar refractivity (Wildman–Crippen MR) is 165 cm³/mol. The third kappa shape index (κ3) is 7.36. The first-order valence-electron chi connectivity index (χ1n) is 13.7. The monoisotopic (exact) mass is 626 g/mol. The summed E-state index contributed by atoms with van der Waals surface area (Å²) < 4.78 is 51.2. The molecule has 1 N–H and O–H groups in total. The van der Waals surface area contributed by atoms with Gasteiger partial charge in [0.05, 0.1) is 32.0 Å². The number of esters is 1. The second-order valence-corrected chi connectivity index (χ2v) is 12.6. The number of anilines is 1. The first-order chi connectivity index (χ1) is 20.8. The molecule has 1 fully saturated rings. The van der Waals surface area contributed by atoms with Gasteiger partial charge in [0.1, 0.15) is 21.3 Å². The standard InChI is InChI=1S/C30H34N4O7S2/c1-33-12-14-34(15-13-33)11-5-16-40-27-20-24-23(19-26(27)38-2)25(8-10-31-24)41-22-7-4-6-21(18-22)32-43(36,37)28-9-17-42-29(28)30(35)39-3/h4,6-10,17-20,32H,5,11-16H2,1-3H3. The number of hydrogen-bond donors (Lipinski definition) is 1. The number of pyridine rings is 1. The van der Waals surface area contributed by atoms with Crippen molar-refractivity contribution in [3.8, 4) is 23.0 Å². The van der Waals surface area contributed by atoms with Gasteiger partial charge >= 0.3 is 5.97 Å². The number of likely N-dealkylation sites (N-methyl/N-ethyl adjacent to an activating group) is 1. The van der Waals surface area contributed by atoms with Crippen LogP contribution in [0.2, 0.25) is 0 Å². The van der Waals surface area contributed by atoms with Gasteiger partial charge in [-0.15, -0.1) is 11.3 Å². The summed E-state index contributed by atoms with van der Waals surface area (Å²) in [6, 6.07) is 13.3. The molecule has 0 spiro atoms. The predicted octanol–water partition coefficient (Wildman–Crippen LogP) is 4.70. The van der Waals surface area contributed by atoms with Gasteiger partial charge in [-0.25, -0.2) is 13.2 Å². The molecule has 0 unspecified atom stereocenters. The van der Waals surface area contributed by atoms with Crippen LogP contribution in [0.1, 0.15) is 16.1 Å². The van der Waals surface area contributed by atoms with Crippen LogP contribution < -0.4 is 18.9 Å². The number of ether oxygens (including phenoxy) is 4. The van der Waals surface area contributed by atoms with Crippen LogP contribution in [0.4, 0.5) is 5.69 Å². The van der Waals surface area contributed by atoms with Crippen LogP contribution in [0.25, 0.3) is 10.9 Å². The minimum Gasteiger partial charge on any atom is -0.493 e. The van der Waals surface area contributed by atoms with Crippen molar-refractivity contribution in [2.75, 3.05) is 65.3 Å². The molecular formula is C30H34N4O7S2. The third-order valence-electron chi connectivity index (χ3n) is 7.06. The Morgan fingerprint density at radius 2 is 1.84 bits per heavy atom. The highest BCUT2D eigenvalue weighted by molar-refractivity contribution is 7.93. The van der Waals surface area contributed by atoms with Gasteiger partial charge in [-0.3, -0.25) is 9.71 Å². The van der Waals surface area contributed by atoms with Gasteiger partial charge in [0, 0.05) is 56.4 Å². The molecule has 4 aromatic rings. The van der Waals surface area contributed by atoms with Crippen molar-refractivity contribution in [2.45, 2.75) is 11.3 Å². The maximum atomic E-state index is 13.0. The summed E-state index contributed by atoms with van der Waals surface area (Å²) in [5.41, 5.74) is 0.930. The zero-order chi connectivity index (χ0) is 30.4. The van der Waals surface area contributed by atoms with E-state index in [1.807, 2.05) is 12.1 Å². The fraction of sp³-hybridized carbons (Fsp3) is 0.333. The maximum absolute atomic E-state index is 13.0. The zero-order valence-corrected chi connectivity index (χ0v) is 25.9. The number of carbonyl (C=O) groups excluding carboxylic acids is 1. The van der Waals surface area contributed by atoms with Crippen molar-refractivity contribution >= 4 is 43.9 Å². The molecule has 1 aliphatic rings. The van der Waals surface area contributed by atoms with E-state index in [0.717, 1.165) is 50.5 Å². The fourth-order valence-corrected chi connectivity index (χ4v) is 7.13.